The van der Waals surface area contributed by atoms with Gasteiger partial charge < -0.3 is 10.0 Å². The van der Waals surface area contributed by atoms with Gasteiger partial charge in [-0.15, -0.1) is 11.8 Å². The van der Waals surface area contributed by atoms with Crippen LogP contribution in [0.4, 0.5) is 26.3 Å². The van der Waals surface area contributed by atoms with Crippen molar-refractivity contribution in [3.63, 3.8) is 0 Å². The van der Waals surface area contributed by atoms with Crippen LogP contribution in [-0.2, 0) is 29.6 Å². The van der Waals surface area contributed by atoms with E-state index in [1.54, 1.807) is 0 Å². The quantitative estimate of drug-likeness (QED) is 0.455. The summed E-state index contributed by atoms with van der Waals surface area (Å²) < 4.78 is 120. The van der Waals surface area contributed by atoms with Gasteiger partial charge in [0.15, 0.2) is 0 Å². The summed E-state index contributed by atoms with van der Waals surface area (Å²) in [5.41, 5.74) is -13.0. The third-order valence-electron chi connectivity index (χ3n) is 3.93. The van der Waals surface area contributed by atoms with E-state index in [0.717, 1.165) is 0 Å². The number of alkyl halides is 6. The van der Waals surface area contributed by atoms with Gasteiger partial charge in [0.2, 0.25) is 5.91 Å². The first-order chi connectivity index (χ1) is 12.2. The molecule has 0 radical (unpaired) electrons. The minimum absolute atomic E-state index is 0.350. The number of carbonyl (C=O) groups is 2. The van der Waals surface area contributed by atoms with E-state index >= 15 is 0 Å². The molecule has 1 amide bonds. The van der Waals surface area contributed by atoms with E-state index in [2.05, 4.69) is 0 Å². The van der Waals surface area contributed by atoms with E-state index in [0.29, 0.717) is 16.7 Å². The SMILES string of the molecule is CC1(C)S[C@@H]2[C@H](N(S(=O)(=O)C(F)(F)F)S(=O)(=O)C(F)(F)F)C(=O)N2[C@H]1C(=O)O. The lowest BCUT2D eigenvalue weighted by molar-refractivity contribution is -0.161. The van der Waals surface area contributed by atoms with Gasteiger partial charge in [0, 0.05) is 4.75 Å². The van der Waals surface area contributed by atoms with Gasteiger partial charge in [0.25, 0.3) is 0 Å². The van der Waals surface area contributed by atoms with E-state index in [4.69, 9.17) is 0 Å². The van der Waals surface area contributed by atoms with Crippen LogP contribution in [0.3, 0.4) is 0 Å². The van der Waals surface area contributed by atoms with Gasteiger partial charge in [0.1, 0.15) is 17.5 Å². The van der Waals surface area contributed by atoms with Crippen molar-refractivity contribution in [3.05, 3.63) is 0 Å². The minimum atomic E-state index is -7.17. The summed E-state index contributed by atoms with van der Waals surface area (Å²) in [7, 11) is -14.3. The number of aliphatic carboxylic acids is 1. The van der Waals surface area contributed by atoms with Crippen LogP contribution in [0, 0.1) is 0 Å². The van der Waals surface area contributed by atoms with Crippen molar-refractivity contribution < 1.29 is 57.9 Å². The van der Waals surface area contributed by atoms with Gasteiger partial charge in [-0.2, -0.15) is 26.3 Å². The van der Waals surface area contributed by atoms with Gasteiger partial charge in [-0.25, -0.2) is 21.6 Å². The molecule has 0 aromatic carbocycles. The molecule has 3 atom stereocenters. The number of carboxylic acids is 1. The summed E-state index contributed by atoms with van der Waals surface area (Å²) in [6.45, 7) is 2.39. The second kappa shape index (κ2) is 6.11. The van der Waals surface area contributed by atoms with Crippen LogP contribution in [0.15, 0.2) is 0 Å². The molecule has 28 heavy (non-hydrogen) atoms. The van der Waals surface area contributed by atoms with Crippen LogP contribution >= 0.6 is 11.8 Å². The maximum absolute atomic E-state index is 12.9. The molecule has 0 bridgehead atoms. The fourth-order valence-electron chi connectivity index (χ4n) is 2.82. The molecule has 18 heteroatoms. The molecule has 2 aliphatic rings. The molecule has 0 unspecified atom stereocenters. The molecule has 2 rings (SSSR count). The molecule has 9 nitrogen and oxygen atoms in total. The summed E-state index contributed by atoms with van der Waals surface area (Å²) in [5.74, 6) is -3.47. The van der Waals surface area contributed by atoms with Crippen LogP contribution in [0.1, 0.15) is 13.8 Å². The largest absolute Gasteiger partial charge is 0.512 e. The van der Waals surface area contributed by atoms with E-state index in [9.17, 15) is 57.9 Å². The van der Waals surface area contributed by atoms with Crippen LogP contribution in [0.25, 0.3) is 0 Å². The Morgan fingerprint density at radius 1 is 1.07 bits per heavy atom. The highest BCUT2D eigenvalue weighted by Gasteiger charge is 2.73. The van der Waals surface area contributed by atoms with Crippen molar-refractivity contribution in [1.82, 2.24) is 8.61 Å². The maximum atomic E-state index is 12.9. The molecule has 2 fully saturated rings. The molecule has 2 heterocycles. The molecule has 1 N–H and O–H groups in total. The molecule has 0 aromatic heterocycles. The van der Waals surface area contributed by atoms with Gasteiger partial charge in [0.05, 0.1) is 0 Å². The summed E-state index contributed by atoms with van der Waals surface area (Å²) in [6, 6.07) is -4.66. The highest BCUT2D eigenvalue weighted by molar-refractivity contribution is 8.05. The summed E-state index contributed by atoms with van der Waals surface area (Å²) in [5, 5.41) is 7.28. The van der Waals surface area contributed by atoms with Crippen LogP contribution in [0.2, 0.25) is 0 Å². The minimum Gasteiger partial charge on any atom is -0.480 e. The number of thioether (sulfide) groups is 1. The van der Waals surface area contributed by atoms with Gasteiger partial charge in [-0.1, -0.05) is 3.71 Å². The molecule has 0 aliphatic carbocycles. The van der Waals surface area contributed by atoms with E-state index in [-0.39, 0.29) is 0 Å². The van der Waals surface area contributed by atoms with E-state index in [1.807, 2.05) is 0 Å². The number of fused-ring (bicyclic) bond motifs is 1. The number of hydrogen-bond acceptors (Lipinski definition) is 7. The van der Waals surface area contributed by atoms with Crippen molar-refractivity contribution in [1.29, 1.82) is 0 Å². The summed E-state index contributed by atoms with van der Waals surface area (Å²) >= 11 is 0.367. The standard InChI is InChI=1S/C10H10F6N2O7S3/c1-8(2)4(7(20)21)17-5(19)3(6(17)26-8)18(27(22,23)9(11,12)13)28(24,25)10(14,15)16/h3-4,6H,1-2H3,(H,20,21)/t3-,4+,6-/m1/s1. The second-order valence-corrected chi connectivity index (χ2v) is 11.8. The van der Waals surface area contributed by atoms with Gasteiger partial charge in [-0.05, 0) is 13.8 Å². The highest BCUT2D eigenvalue weighted by atomic mass is 32.3. The topological polar surface area (TPSA) is 129 Å². The number of rotatable bonds is 4. The zero-order valence-electron chi connectivity index (χ0n) is 13.5. The Morgan fingerprint density at radius 2 is 1.46 bits per heavy atom. The molecule has 0 saturated carbocycles. The zero-order chi connectivity index (χ0) is 22.2. The van der Waals surface area contributed by atoms with Crippen molar-refractivity contribution >= 4 is 43.7 Å². The van der Waals surface area contributed by atoms with Crippen molar-refractivity contribution in [2.45, 2.75) is 47.1 Å². The first-order valence-corrected chi connectivity index (χ1v) is 10.6. The highest BCUT2D eigenvalue weighted by Crippen LogP contribution is 2.54. The monoisotopic (exact) mass is 480 g/mol. The number of amides is 1. The second-order valence-electron chi connectivity index (χ2n) is 6.17. The van der Waals surface area contributed by atoms with Crippen LogP contribution in [-0.4, -0.2) is 75.7 Å². The smallest absolute Gasteiger partial charge is 0.480 e. The molecule has 0 spiro atoms. The van der Waals surface area contributed by atoms with Crippen LogP contribution < -0.4 is 0 Å². The number of nitrogens with zero attached hydrogens (tertiary/aromatic N) is 2. The Bertz CT molecular complexity index is 882. The molecular weight excluding hydrogens is 470 g/mol. The molecule has 162 valence electrons. The number of carbonyl (C=O) groups excluding carboxylic acids is 1. The Hall–Kier alpha value is -1.27. The Labute approximate surface area is 157 Å². The fourth-order valence-corrected chi connectivity index (χ4v) is 7.60. The van der Waals surface area contributed by atoms with Gasteiger partial charge >= 0.3 is 37.0 Å². The zero-order valence-corrected chi connectivity index (χ0v) is 16.0. The summed E-state index contributed by atoms with van der Waals surface area (Å²) in [4.78, 5) is 23.9. The third-order valence-corrected chi connectivity index (χ3v) is 9.24. The Kier molecular flexibility index (Phi) is 5.03. The van der Waals surface area contributed by atoms with Crippen molar-refractivity contribution in [3.8, 4) is 0 Å². The predicted molar refractivity (Wildman–Crippen MR) is 79.3 cm³/mol. The molecule has 2 saturated heterocycles. The predicted octanol–water partition coefficient (Wildman–Crippen LogP) is 0.503. The average Bonchev–Trinajstić information content (AvgIpc) is 2.69. The number of hydrogen-bond donors (Lipinski definition) is 1. The number of β-lactam (4-membered cyclic amide) rings is 1. The molecular formula is C10H10F6N2O7S3. The summed E-state index contributed by atoms with van der Waals surface area (Å²) in [6.07, 6.45) is 0. The number of sulfonamides is 2. The van der Waals surface area contributed by atoms with Gasteiger partial charge in [-0.3, -0.25) is 4.79 Å². The molecule has 2 aliphatic heterocycles. The van der Waals surface area contributed by atoms with E-state index in [1.165, 1.54) is 13.8 Å². The Balaban J connectivity index is 2.67. The lowest BCUT2D eigenvalue weighted by Gasteiger charge is -2.46. The maximum Gasteiger partial charge on any atom is 0.512 e. The molecule has 0 aromatic rings. The lowest BCUT2D eigenvalue weighted by Crippen LogP contribution is -2.73. The number of halogens is 6. The lowest BCUT2D eigenvalue weighted by atomic mass is 9.96. The third kappa shape index (κ3) is 3.04. The normalized spacial score (nSPS) is 28.2. The average molecular weight is 480 g/mol. The fraction of sp³-hybridized carbons (Fsp3) is 0.800. The van der Waals surface area contributed by atoms with Crippen molar-refractivity contribution in [2.75, 3.05) is 0 Å². The Morgan fingerprint density at radius 3 is 1.79 bits per heavy atom. The number of carboxylic acid groups (broad SMARTS) is 1. The first-order valence-electron chi connectivity index (χ1n) is 6.84. The van der Waals surface area contributed by atoms with Crippen molar-refractivity contribution in [2.24, 2.45) is 0 Å². The van der Waals surface area contributed by atoms with E-state index < -0.39 is 68.9 Å². The first kappa shape index (κ1) is 23.0. The van der Waals surface area contributed by atoms with Crippen LogP contribution in [0.5, 0.6) is 0 Å².